The minimum Gasteiger partial charge on any atom is -0.497 e. The number of carbonyl (C=O) groups excluding carboxylic acids is 1. The smallest absolute Gasteiger partial charge is 0.433 e. The third-order valence-electron chi connectivity index (χ3n) is 7.36. The zero-order valence-corrected chi connectivity index (χ0v) is 22.7. The fraction of sp³-hybridized carbons (Fsp3) is 0.267. The number of methoxy groups -OCH3 is 1. The van der Waals surface area contributed by atoms with Crippen LogP contribution in [0.4, 0.5) is 13.2 Å². The van der Waals surface area contributed by atoms with Crippen molar-refractivity contribution >= 4 is 17.3 Å². The molecule has 210 valence electrons. The lowest BCUT2D eigenvalue weighted by atomic mass is 10.0. The van der Waals surface area contributed by atoms with E-state index in [2.05, 4.69) is 27.6 Å². The van der Waals surface area contributed by atoms with Crippen molar-refractivity contribution < 1.29 is 22.7 Å². The van der Waals surface area contributed by atoms with Gasteiger partial charge < -0.3 is 14.5 Å². The summed E-state index contributed by atoms with van der Waals surface area (Å²) in [5.41, 5.74) is 1.50. The topological polar surface area (TPSA) is 86.8 Å². The average molecular weight is 561 g/mol. The Morgan fingerprint density at radius 1 is 1.12 bits per heavy atom. The van der Waals surface area contributed by atoms with Crippen LogP contribution in [0.5, 0.6) is 5.75 Å². The Kier molecular flexibility index (Phi) is 7.17. The molecule has 0 bridgehead atoms. The van der Waals surface area contributed by atoms with Gasteiger partial charge in [-0.1, -0.05) is 18.7 Å². The molecule has 0 aliphatic carbocycles. The van der Waals surface area contributed by atoms with Crippen LogP contribution < -0.4 is 4.74 Å². The minimum atomic E-state index is -4.73. The van der Waals surface area contributed by atoms with Gasteiger partial charge in [0.2, 0.25) is 0 Å². The van der Waals surface area contributed by atoms with Crippen molar-refractivity contribution in [2.45, 2.75) is 26.1 Å². The molecule has 1 atom stereocenters. The van der Waals surface area contributed by atoms with E-state index in [-0.39, 0.29) is 28.5 Å². The lowest BCUT2D eigenvalue weighted by Gasteiger charge is -2.41. The van der Waals surface area contributed by atoms with E-state index >= 15 is 0 Å². The Hall–Kier alpha value is -4.85. The Balaban J connectivity index is 1.47. The van der Waals surface area contributed by atoms with Crippen molar-refractivity contribution in [3.63, 3.8) is 0 Å². The molecule has 1 aliphatic heterocycles. The molecule has 8 nitrogen and oxygen atoms in total. The number of alkyl halides is 3. The second-order valence-corrected chi connectivity index (χ2v) is 9.88. The average Bonchev–Trinajstić information content (AvgIpc) is 3.38. The summed E-state index contributed by atoms with van der Waals surface area (Å²) in [5.74, 6) is 0.111. The number of aromatic nitrogens is 3. The summed E-state index contributed by atoms with van der Waals surface area (Å²) in [6.07, 6.45) is -3.57. The number of hydrogen-bond acceptors (Lipinski definition) is 6. The molecule has 0 radical (unpaired) electrons. The third-order valence-corrected chi connectivity index (χ3v) is 7.36. The van der Waals surface area contributed by atoms with E-state index in [0.717, 1.165) is 17.5 Å². The van der Waals surface area contributed by atoms with Gasteiger partial charge in [0.05, 0.1) is 30.6 Å². The summed E-state index contributed by atoms with van der Waals surface area (Å²) in [4.78, 5) is 22.0. The van der Waals surface area contributed by atoms with E-state index in [9.17, 15) is 18.0 Å². The molecule has 1 amide bonds. The second-order valence-electron chi connectivity index (χ2n) is 9.88. The lowest BCUT2D eigenvalue weighted by Crippen LogP contribution is -2.53. The standard InChI is InChI=1S/C30H27F3N6O2/c1-18-17-37(20(3)22-7-5-21(15-34)6-8-22)13-14-38(18)29(40)25-16-35-39-27(30(31,32)33)19(2)26(36-28(25)39)23-9-11-24(41-4)12-10-23/h5-12,16,18H,3,13-14,17H2,1-2,4H3/t18-/m1/s1. The SMILES string of the molecule is C=C(c1ccc(C#N)cc1)N1CCN(C(=O)c2cnn3c(C(F)(F)F)c(C)c(-c4ccc(OC)cc4)nc23)[C@H](C)C1. The molecule has 0 N–H and O–H groups in total. The number of amides is 1. The molecule has 0 spiro atoms. The van der Waals surface area contributed by atoms with Gasteiger partial charge in [0.1, 0.15) is 11.3 Å². The fourth-order valence-corrected chi connectivity index (χ4v) is 5.17. The molecule has 0 unspecified atom stereocenters. The molecule has 1 saturated heterocycles. The maximum atomic E-state index is 14.3. The van der Waals surface area contributed by atoms with Gasteiger partial charge >= 0.3 is 6.18 Å². The van der Waals surface area contributed by atoms with E-state index < -0.39 is 17.8 Å². The number of ether oxygens (including phenoxy) is 1. The number of benzene rings is 2. The molecular formula is C30H27F3N6O2. The van der Waals surface area contributed by atoms with Gasteiger partial charge in [0.25, 0.3) is 5.91 Å². The first-order valence-electron chi connectivity index (χ1n) is 12.9. The number of rotatable bonds is 5. The monoisotopic (exact) mass is 560 g/mol. The molecule has 3 heterocycles. The molecule has 2 aromatic heterocycles. The highest BCUT2D eigenvalue weighted by Gasteiger charge is 2.39. The molecule has 1 aliphatic rings. The summed E-state index contributed by atoms with van der Waals surface area (Å²) >= 11 is 0. The molecule has 0 saturated carbocycles. The maximum Gasteiger partial charge on any atom is 0.433 e. The van der Waals surface area contributed by atoms with Crippen molar-refractivity contribution in [3.8, 4) is 23.1 Å². The Morgan fingerprint density at radius 2 is 1.80 bits per heavy atom. The molecule has 4 aromatic rings. The molecule has 1 fully saturated rings. The summed E-state index contributed by atoms with van der Waals surface area (Å²) in [7, 11) is 1.50. The number of nitrogens with zero attached hydrogens (tertiary/aromatic N) is 6. The first-order valence-corrected chi connectivity index (χ1v) is 12.9. The predicted molar refractivity (Wildman–Crippen MR) is 147 cm³/mol. The van der Waals surface area contributed by atoms with Gasteiger partial charge in [0.15, 0.2) is 11.3 Å². The van der Waals surface area contributed by atoms with Crippen molar-refractivity contribution in [2.75, 3.05) is 26.7 Å². The molecule has 2 aromatic carbocycles. The zero-order valence-electron chi connectivity index (χ0n) is 22.7. The van der Waals surface area contributed by atoms with E-state index in [1.165, 1.54) is 14.0 Å². The number of nitriles is 1. The number of fused-ring (bicyclic) bond motifs is 1. The van der Waals surface area contributed by atoms with Crippen LogP contribution in [0.3, 0.4) is 0 Å². The van der Waals surface area contributed by atoms with Gasteiger partial charge in [-0.2, -0.15) is 23.5 Å². The summed E-state index contributed by atoms with van der Waals surface area (Å²) < 4.78 is 48.7. The van der Waals surface area contributed by atoms with E-state index in [0.29, 0.717) is 41.0 Å². The van der Waals surface area contributed by atoms with Crippen LogP contribution in [0, 0.1) is 18.3 Å². The van der Waals surface area contributed by atoms with Gasteiger partial charge in [-0.05, 0) is 55.8 Å². The van der Waals surface area contributed by atoms with Crippen LogP contribution in [0.25, 0.3) is 22.6 Å². The summed E-state index contributed by atoms with van der Waals surface area (Å²) in [5, 5.41) is 13.0. The van der Waals surface area contributed by atoms with Gasteiger partial charge in [-0.3, -0.25) is 4.79 Å². The van der Waals surface area contributed by atoms with Crippen LogP contribution in [-0.2, 0) is 6.18 Å². The van der Waals surface area contributed by atoms with E-state index in [4.69, 9.17) is 10.00 Å². The number of hydrogen-bond donors (Lipinski definition) is 0. The summed E-state index contributed by atoms with van der Waals surface area (Å²) in [6.45, 7) is 8.70. The van der Waals surface area contributed by atoms with Crippen molar-refractivity contribution in [1.29, 1.82) is 5.26 Å². The predicted octanol–water partition coefficient (Wildman–Crippen LogP) is 5.42. The molecule has 11 heteroatoms. The minimum absolute atomic E-state index is 0.00326. The van der Waals surface area contributed by atoms with Gasteiger partial charge in [-0.25, -0.2) is 9.50 Å². The number of piperazine rings is 1. The van der Waals surface area contributed by atoms with Gasteiger partial charge in [0, 0.05) is 42.5 Å². The first-order chi connectivity index (χ1) is 19.5. The summed E-state index contributed by atoms with van der Waals surface area (Å²) in [6, 6.07) is 15.5. The van der Waals surface area contributed by atoms with Crippen LogP contribution in [-0.4, -0.2) is 63.1 Å². The molecule has 5 rings (SSSR count). The van der Waals surface area contributed by atoms with Gasteiger partial charge in [-0.15, -0.1) is 0 Å². The second kappa shape index (κ2) is 10.6. The number of carbonyl (C=O) groups is 1. The highest BCUT2D eigenvalue weighted by Crippen LogP contribution is 2.37. The highest BCUT2D eigenvalue weighted by molar-refractivity contribution is 6.00. The third kappa shape index (κ3) is 5.09. The van der Waals surface area contributed by atoms with Crippen LogP contribution in [0.15, 0.2) is 61.3 Å². The van der Waals surface area contributed by atoms with Crippen LogP contribution in [0.2, 0.25) is 0 Å². The Bertz CT molecular complexity index is 1670. The Morgan fingerprint density at radius 3 is 2.39 bits per heavy atom. The molecule has 41 heavy (non-hydrogen) atoms. The van der Waals surface area contributed by atoms with Crippen molar-refractivity contribution in [3.05, 3.63) is 89.3 Å². The van der Waals surface area contributed by atoms with Crippen molar-refractivity contribution in [1.82, 2.24) is 24.4 Å². The lowest BCUT2D eigenvalue weighted by molar-refractivity contribution is -0.143. The Labute approximate surface area is 234 Å². The quantitative estimate of drug-likeness (QED) is 0.324. The fourth-order valence-electron chi connectivity index (χ4n) is 5.17. The van der Waals surface area contributed by atoms with Crippen molar-refractivity contribution in [2.24, 2.45) is 0 Å². The number of halogens is 3. The maximum absolute atomic E-state index is 14.3. The van der Waals surface area contributed by atoms with E-state index in [1.807, 2.05) is 19.1 Å². The van der Waals surface area contributed by atoms with Crippen LogP contribution in [0.1, 0.15) is 39.7 Å². The van der Waals surface area contributed by atoms with E-state index in [1.54, 1.807) is 41.3 Å². The highest BCUT2D eigenvalue weighted by atomic mass is 19.4. The molecular weight excluding hydrogens is 533 g/mol. The largest absolute Gasteiger partial charge is 0.497 e. The first kappa shape index (κ1) is 27.7. The van der Waals surface area contributed by atoms with Crippen LogP contribution >= 0.6 is 0 Å². The normalized spacial score (nSPS) is 15.6. The zero-order chi connectivity index (χ0) is 29.5.